The topological polar surface area (TPSA) is 84.9 Å². The first-order valence-corrected chi connectivity index (χ1v) is 10.4. The summed E-state index contributed by atoms with van der Waals surface area (Å²) in [4.78, 5) is 40.1. The summed E-state index contributed by atoms with van der Waals surface area (Å²) < 4.78 is 10.5. The molecule has 3 atom stereocenters. The molecule has 7 nitrogen and oxygen atoms in total. The Balaban J connectivity index is 1.58. The van der Waals surface area contributed by atoms with Gasteiger partial charge in [-0.25, -0.2) is 0 Å². The predicted molar refractivity (Wildman–Crippen MR) is 116 cm³/mol. The lowest BCUT2D eigenvalue weighted by Crippen LogP contribution is -2.31. The number of rotatable bonds is 5. The summed E-state index contributed by atoms with van der Waals surface area (Å²) in [6.45, 7) is 2.12. The van der Waals surface area contributed by atoms with Gasteiger partial charge < -0.3 is 14.8 Å². The Hall–Kier alpha value is -3.35. The first-order chi connectivity index (χ1) is 14.9. The van der Waals surface area contributed by atoms with Crippen molar-refractivity contribution in [2.45, 2.75) is 26.2 Å². The lowest BCUT2D eigenvalue weighted by atomic mass is 9.76. The number of ether oxygens (including phenoxy) is 2. The molecular weight excluding hydrogens is 396 g/mol. The van der Waals surface area contributed by atoms with Gasteiger partial charge >= 0.3 is 0 Å². The molecule has 1 aliphatic heterocycles. The van der Waals surface area contributed by atoms with Crippen molar-refractivity contribution in [1.82, 2.24) is 0 Å². The molecule has 162 valence electrons. The minimum Gasteiger partial charge on any atom is -0.497 e. The number of imide groups is 1. The van der Waals surface area contributed by atoms with Crippen LogP contribution in [0.5, 0.6) is 11.5 Å². The second-order valence-corrected chi connectivity index (χ2v) is 8.21. The Labute approximate surface area is 181 Å². The smallest absolute Gasteiger partial charge is 0.255 e. The quantitative estimate of drug-likeness (QED) is 0.739. The van der Waals surface area contributed by atoms with Crippen molar-refractivity contribution >= 4 is 29.1 Å². The van der Waals surface area contributed by atoms with E-state index in [0.29, 0.717) is 34.4 Å². The molecule has 4 rings (SSSR count). The molecule has 0 bridgehead atoms. The number of benzene rings is 2. The van der Waals surface area contributed by atoms with Gasteiger partial charge in [0.15, 0.2) is 0 Å². The molecule has 0 radical (unpaired) electrons. The fraction of sp³-hybridized carbons (Fsp3) is 0.375. The molecule has 2 aromatic carbocycles. The fourth-order valence-corrected chi connectivity index (χ4v) is 4.54. The molecule has 1 saturated carbocycles. The molecule has 0 aromatic heterocycles. The van der Waals surface area contributed by atoms with Gasteiger partial charge in [0.05, 0.1) is 37.4 Å². The molecule has 3 amide bonds. The van der Waals surface area contributed by atoms with E-state index in [1.54, 1.807) is 49.6 Å². The van der Waals surface area contributed by atoms with Gasteiger partial charge in [-0.1, -0.05) is 13.0 Å². The van der Waals surface area contributed by atoms with E-state index in [2.05, 4.69) is 12.2 Å². The maximum atomic E-state index is 13.0. The average Bonchev–Trinajstić information content (AvgIpc) is 3.03. The van der Waals surface area contributed by atoms with Crippen LogP contribution in [-0.2, 0) is 9.59 Å². The first kappa shape index (κ1) is 20.9. The van der Waals surface area contributed by atoms with Crippen LogP contribution in [0.15, 0.2) is 42.5 Å². The zero-order chi connectivity index (χ0) is 22.1. The Morgan fingerprint density at radius 2 is 1.77 bits per heavy atom. The number of amides is 3. The predicted octanol–water partition coefficient (Wildman–Crippen LogP) is 3.88. The van der Waals surface area contributed by atoms with E-state index in [9.17, 15) is 14.4 Å². The highest BCUT2D eigenvalue weighted by Crippen LogP contribution is 2.42. The molecule has 1 aliphatic carbocycles. The van der Waals surface area contributed by atoms with E-state index in [4.69, 9.17) is 9.47 Å². The number of carbonyl (C=O) groups is 3. The molecule has 7 heteroatoms. The van der Waals surface area contributed by atoms with Crippen LogP contribution in [-0.4, -0.2) is 31.9 Å². The standard InChI is InChI=1S/C24H26N2O5/c1-14-7-9-18-19(11-14)24(29)26(23(18)28)16-6-4-5-15(12-16)22(27)25-20-13-17(30-2)8-10-21(20)31-3/h4-6,8,10,12-14,18-19H,7,9,11H2,1-3H3,(H,25,27)/t14-,18+,19+/m0/s1. The number of nitrogens with one attached hydrogen (secondary N) is 1. The third-order valence-electron chi connectivity index (χ3n) is 6.21. The van der Waals surface area contributed by atoms with Crippen molar-refractivity contribution in [2.75, 3.05) is 24.4 Å². The van der Waals surface area contributed by atoms with Gasteiger partial charge in [-0.05, 0) is 55.5 Å². The van der Waals surface area contributed by atoms with Crippen molar-refractivity contribution < 1.29 is 23.9 Å². The molecule has 31 heavy (non-hydrogen) atoms. The van der Waals surface area contributed by atoms with Gasteiger partial charge in [-0.2, -0.15) is 0 Å². The molecule has 0 spiro atoms. The molecule has 1 heterocycles. The van der Waals surface area contributed by atoms with Gasteiger partial charge in [-0.3, -0.25) is 19.3 Å². The lowest BCUT2D eigenvalue weighted by molar-refractivity contribution is -0.122. The van der Waals surface area contributed by atoms with Gasteiger partial charge in [0.25, 0.3) is 5.91 Å². The van der Waals surface area contributed by atoms with Crippen LogP contribution in [0.4, 0.5) is 11.4 Å². The number of hydrogen-bond donors (Lipinski definition) is 1. The molecule has 1 saturated heterocycles. The number of fused-ring (bicyclic) bond motifs is 1. The summed E-state index contributed by atoms with van der Waals surface area (Å²) in [5.74, 6) is 0.314. The number of methoxy groups -OCH3 is 2. The molecule has 2 aliphatic rings. The number of anilines is 2. The summed E-state index contributed by atoms with van der Waals surface area (Å²) in [6, 6.07) is 11.7. The third-order valence-corrected chi connectivity index (χ3v) is 6.21. The zero-order valence-electron chi connectivity index (χ0n) is 17.9. The van der Waals surface area contributed by atoms with E-state index in [-0.39, 0.29) is 29.6 Å². The minimum absolute atomic E-state index is 0.158. The highest BCUT2D eigenvalue weighted by molar-refractivity contribution is 6.22. The molecule has 2 fully saturated rings. The molecular formula is C24H26N2O5. The van der Waals surface area contributed by atoms with Gasteiger partial charge in [0, 0.05) is 11.6 Å². The second-order valence-electron chi connectivity index (χ2n) is 8.21. The van der Waals surface area contributed by atoms with Crippen LogP contribution in [0.3, 0.4) is 0 Å². The Bertz CT molecular complexity index is 1030. The monoisotopic (exact) mass is 422 g/mol. The van der Waals surface area contributed by atoms with Crippen molar-refractivity contribution in [1.29, 1.82) is 0 Å². The average molecular weight is 422 g/mol. The number of hydrogen-bond acceptors (Lipinski definition) is 5. The van der Waals surface area contributed by atoms with E-state index < -0.39 is 0 Å². The van der Waals surface area contributed by atoms with Crippen molar-refractivity contribution in [3.05, 3.63) is 48.0 Å². The van der Waals surface area contributed by atoms with Crippen LogP contribution in [0.1, 0.15) is 36.5 Å². The molecule has 2 aromatic rings. The van der Waals surface area contributed by atoms with Crippen LogP contribution in [0.25, 0.3) is 0 Å². The third kappa shape index (κ3) is 3.87. The zero-order valence-corrected chi connectivity index (χ0v) is 17.9. The summed E-state index contributed by atoms with van der Waals surface area (Å²) >= 11 is 0. The Morgan fingerprint density at radius 3 is 2.52 bits per heavy atom. The fourth-order valence-electron chi connectivity index (χ4n) is 4.54. The SMILES string of the molecule is COc1ccc(OC)c(NC(=O)c2cccc(N3C(=O)[C@@H]4CC[C@H](C)C[C@H]4C3=O)c2)c1. The van der Waals surface area contributed by atoms with E-state index in [1.165, 1.54) is 12.0 Å². The first-order valence-electron chi connectivity index (χ1n) is 10.4. The second kappa shape index (κ2) is 8.41. The van der Waals surface area contributed by atoms with E-state index in [1.807, 2.05) is 0 Å². The van der Waals surface area contributed by atoms with Crippen LogP contribution in [0.2, 0.25) is 0 Å². The number of nitrogens with zero attached hydrogens (tertiary/aromatic N) is 1. The van der Waals surface area contributed by atoms with Crippen molar-refractivity contribution in [3.8, 4) is 11.5 Å². The maximum Gasteiger partial charge on any atom is 0.255 e. The largest absolute Gasteiger partial charge is 0.497 e. The molecule has 1 N–H and O–H groups in total. The summed E-state index contributed by atoms with van der Waals surface area (Å²) in [5.41, 5.74) is 1.24. The van der Waals surface area contributed by atoms with E-state index >= 15 is 0 Å². The maximum absolute atomic E-state index is 13.0. The van der Waals surface area contributed by atoms with Crippen molar-refractivity contribution in [2.24, 2.45) is 17.8 Å². The highest BCUT2D eigenvalue weighted by atomic mass is 16.5. The Morgan fingerprint density at radius 1 is 1.00 bits per heavy atom. The lowest BCUT2D eigenvalue weighted by Gasteiger charge is -2.25. The molecule has 0 unspecified atom stereocenters. The summed E-state index contributed by atoms with van der Waals surface area (Å²) in [7, 11) is 3.06. The number of carbonyl (C=O) groups excluding carboxylic acids is 3. The summed E-state index contributed by atoms with van der Waals surface area (Å²) in [6.07, 6.45) is 2.43. The Kier molecular flexibility index (Phi) is 5.67. The highest BCUT2D eigenvalue weighted by Gasteiger charge is 2.50. The van der Waals surface area contributed by atoms with Gasteiger partial charge in [0.2, 0.25) is 11.8 Å². The van der Waals surface area contributed by atoms with Crippen LogP contribution >= 0.6 is 0 Å². The van der Waals surface area contributed by atoms with Crippen LogP contribution in [0, 0.1) is 17.8 Å². The summed E-state index contributed by atoms with van der Waals surface area (Å²) in [5, 5.41) is 2.82. The van der Waals surface area contributed by atoms with Crippen molar-refractivity contribution in [3.63, 3.8) is 0 Å². The van der Waals surface area contributed by atoms with Gasteiger partial charge in [0.1, 0.15) is 11.5 Å². The van der Waals surface area contributed by atoms with E-state index in [0.717, 1.165) is 19.3 Å². The minimum atomic E-state index is -0.376. The van der Waals surface area contributed by atoms with Gasteiger partial charge in [-0.15, -0.1) is 0 Å². The van der Waals surface area contributed by atoms with Crippen LogP contribution < -0.4 is 19.7 Å². The normalized spacial score (nSPS) is 22.8.